The molecule has 0 spiro atoms. The highest BCUT2D eigenvalue weighted by molar-refractivity contribution is 4.80. The molecule has 2 nitrogen and oxygen atoms in total. The van der Waals surface area contributed by atoms with Gasteiger partial charge in [0, 0.05) is 24.9 Å². The van der Waals surface area contributed by atoms with Crippen LogP contribution in [0.5, 0.6) is 0 Å². The zero-order chi connectivity index (χ0) is 9.07. The molecule has 4 heteroatoms. The topological polar surface area (TPSA) is 52.0 Å². The molecule has 0 aromatic carbocycles. The van der Waals surface area contributed by atoms with Crippen LogP contribution in [0.1, 0.15) is 13.8 Å². The van der Waals surface area contributed by atoms with E-state index in [2.05, 4.69) is 0 Å². The van der Waals surface area contributed by atoms with E-state index in [1.165, 1.54) is 13.8 Å². The first-order valence-electron chi connectivity index (χ1n) is 3.74. The largest absolute Gasteiger partial charge is 0.330 e. The predicted molar refractivity (Wildman–Crippen MR) is 41.4 cm³/mol. The number of hydrogen-bond acceptors (Lipinski definition) is 2. The van der Waals surface area contributed by atoms with Gasteiger partial charge in [0.25, 0.3) is 5.92 Å². The normalized spacial score (nSPS) is 18.0. The highest BCUT2D eigenvalue weighted by atomic mass is 19.3. The van der Waals surface area contributed by atoms with Gasteiger partial charge >= 0.3 is 0 Å². The summed E-state index contributed by atoms with van der Waals surface area (Å²) in [6.45, 7) is 2.87. The molecule has 0 saturated carbocycles. The lowest BCUT2D eigenvalue weighted by Crippen LogP contribution is -2.40. The van der Waals surface area contributed by atoms with Crippen molar-refractivity contribution in [2.75, 3.05) is 13.1 Å². The van der Waals surface area contributed by atoms with Crippen LogP contribution in [0.15, 0.2) is 0 Å². The summed E-state index contributed by atoms with van der Waals surface area (Å²) >= 11 is 0. The molecular weight excluding hydrogens is 150 g/mol. The fraction of sp³-hybridized carbons (Fsp3) is 1.00. The van der Waals surface area contributed by atoms with E-state index in [9.17, 15) is 8.78 Å². The molecular formula is C7H16F2N2. The van der Waals surface area contributed by atoms with E-state index < -0.39 is 17.8 Å². The SMILES string of the molecule is CC(CN)C(F)(F)C(C)CN. The van der Waals surface area contributed by atoms with E-state index in [0.29, 0.717) is 0 Å². The highest BCUT2D eigenvalue weighted by Gasteiger charge is 2.40. The van der Waals surface area contributed by atoms with E-state index in [1.807, 2.05) is 0 Å². The van der Waals surface area contributed by atoms with E-state index >= 15 is 0 Å². The molecule has 0 radical (unpaired) electrons. The van der Waals surface area contributed by atoms with Crippen LogP contribution in [0.2, 0.25) is 0 Å². The molecule has 0 aromatic heterocycles. The van der Waals surface area contributed by atoms with Gasteiger partial charge in [-0.15, -0.1) is 0 Å². The molecule has 0 bridgehead atoms. The van der Waals surface area contributed by atoms with E-state index in [1.54, 1.807) is 0 Å². The molecule has 0 rings (SSSR count). The van der Waals surface area contributed by atoms with E-state index in [-0.39, 0.29) is 13.1 Å². The Morgan fingerprint density at radius 1 is 1.09 bits per heavy atom. The second-order valence-corrected chi connectivity index (χ2v) is 2.95. The maximum absolute atomic E-state index is 13.1. The highest BCUT2D eigenvalue weighted by Crippen LogP contribution is 2.31. The van der Waals surface area contributed by atoms with Gasteiger partial charge in [-0.25, -0.2) is 8.78 Å². The maximum atomic E-state index is 13.1. The molecule has 0 aliphatic rings. The van der Waals surface area contributed by atoms with Crippen LogP contribution in [-0.2, 0) is 0 Å². The summed E-state index contributed by atoms with van der Waals surface area (Å²) in [5.74, 6) is -4.31. The predicted octanol–water partition coefficient (Wildman–Crippen LogP) is 0.811. The quantitative estimate of drug-likeness (QED) is 0.649. The van der Waals surface area contributed by atoms with Crippen LogP contribution in [-0.4, -0.2) is 19.0 Å². The Kier molecular flexibility index (Phi) is 3.89. The minimum Gasteiger partial charge on any atom is -0.330 e. The van der Waals surface area contributed by atoms with Gasteiger partial charge < -0.3 is 11.5 Å². The van der Waals surface area contributed by atoms with Gasteiger partial charge in [0.2, 0.25) is 0 Å². The Labute approximate surface area is 65.9 Å². The lowest BCUT2D eigenvalue weighted by Gasteiger charge is -2.27. The van der Waals surface area contributed by atoms with Crippen molar-refractivity contribution in [1.29, 1.82) is 0 Å². The first-order chi connectivity index (χ1) is 4.96. The van der Waals surface area contributed by atoms with Crippen molar-refractivity contribution in [2.24, 2.45) is 23.3 Å². The van der Waals surface area contributed by atoms with Crippen molar-refractivity contribution in [2.45, 2.75) is 19.8 Å². The molecule has 68 valence electrons. The molecule has 0 aliphatic heterocycles. The molecule has 0 saturated heterocycles. The van der Waals surface area contributed by atoms with Crippen LogP contribution in [0.3, 0.4) is 0 Å². The molecule has 0 fully saturated rings. The number of halogens is 2. The molecule has 0 aromatic rings. The Morgan fingerprint density at radius 2 is 1.36 bits per heavy atom. The summed E-state index contributed by atoms with van der Waals surface area (Å²) in [6, 6.07) is 0. The molecule has 0 amide bonds. The van der Waals surface area contributed by atoms with Crippen LogP contribution in [0.25, 0.3) is 0 Å². The average molecular weight is 166 g/mol. The summed E-state index contributed by atoms with van der Waals surface area (Å²) in [5, 5.41) is 0. The van der Waals surface area contributed by atoms with Crippen molar-refractivity contribution in [1.82, 2.24) is 0 Å². The van der Waals surface area contributed by atoms with Crippen molar-refractivity contribution in [3.8, 4) is 0 Å². The Morgan fingerprint density at radius 3 is 1.55 bits per heavy atom. The Bertz CT molecular complexity index is 105. The molecule has 2 unspecified atom stereocenters. The van der Waals surface area contributed by atoms with Gasteiger partial charge in [0.15, 0.2) is 0 Å². The monoisotopic (exact) mass is 166 g/mol. The van der Waals surface area contributed by atoms with Gasteiger partial charge in [-0.2, -0.15) is 0 Å². The minimum absolute atomic E-state index is 0.00264. The molecule has 11 heavy (non-hydrogen) atoms. The number of nitrogens with two attached hydrogens (primary N) is 2. The van der Waals surface area contributed by atoms with Gasteiger partial charge in [0.1, 0.15) is 0 Å². The van der Waals surface area contributed by atoms with Crippen molar-refractivity contribution < 1.29 is 8.78 Å². The lowest BCUT2D eigenvalue weighted by molar-refractivity contribution is -0.0912. The van der Waals surface area contributed by atoms with E-state index in [0.717, 1.165) is 0 Å². The number of hydrogen-bond donors (Lipinski definition) is 2. The van der Waals surface area contributed by atoms with Crippen LogP contribution >= 0.6 is 0 Å². The Balaban J connectivity index is 4.18. The van der Waals surface area contributed by atoms with Crippen molar-refractivity contribution in [3.63, 3.8) is 0 Å². The summed E-state index contributed by atoms with van der Waals surface area (Å²) in [6.07, 6.45) is 0. The Hall–Kier alpha value is -0.220. The van der Waals surface area contributed by atoms with Crippen molar-refractivity contribution >= 4 is 0 Å². The van der Waals surface area contributed by atoms with Crippen LogP contribution in [0.4, 0.5) is 8.78 Å². The average Bonchev–Trinajstić information content (AvgIpc) is 2.01. The molecule has 0 heterocycles. The van der Waals surface area contributed by atoms with Gasteiger partial charge in [-0.05, 0) is 0 Å². The zero-order valence-corrected chi connectivity index (χ0v) is 6.98. The molecule has 4 N–H and O–H groups in total. The number of rotatable bonds is 4. The maximum Gasteiger partial charge on any atom is 0.255 e. The third kappa shape index (κ3) is 2.38. The van der Waals surface area contributed by atoms with Gasteiger partial charge in [-0.3, -0.25) is 0 Å². The van der Waals surface area contributed by atoms with Crippen molar-refractivity contribution in [3.05, 3.63) is 0 Å². The first-order valence-corrected chi connectivity index (χ1v) is 3.74. The second-order valence-electron chi connectivity index (χ2n) is 2.95. The summed E-state index contributed by atoms with van der Waals surface area (Å²) in [4.78, 5) is 0. The summed E-state index contributed by atoms with van der Waals surface area (Å²) in [5.41, 5.74) is 10.3. The third-order valence-electron chi connectivity index (χ3n) is 2.02. The molecule has 2 atom stereocenters. The fourth-order valence-electron chi connectivity index (χ4n) is 0.800. The van der Waals surface area contributed by atoms with E-state index in [4.69, 9.17) is 11.5 Å². The van der Waals surface area contributed by atoms with Crippen LogP contribution in [0, 0.1) is 11.8 Å². The standard InChI is InChI=1S/C7H16F2N2/c1-5(3-10)7(8,9)6(2)4-11/h5-6H,3-4,10-11H2,1-2H3. The minimum atomic E-state index is -2.73. The van der Waals surface area contributed by atoms with Gasteiger partial charge in [0.05, 0.1) is 0 Å². The fourth-order valence-corrected chi connectivity index (χ4v) is 0.800. The first kappa shape index (κ1) is 10.8. The smallest absolute Gasteiger partial charge is 0.255 e. The second kappa shape index (κ2) is 3.97. The summed E-state index contributed by atoms with van der Waals surface area (Å²) < 4.78 is 26.1. The third-order valence-corrected chi connectivity index (χ3v) is 2.02. The molecule has 0 aliphatic carbocycles. The zero-order valence-electron chi connectivity index (χ0n) is 6.98. The van der Waals surface area contributed by atoms with Gasteiger partial charge in [-0.1, -0.05) is 13.8 Å². The lowest BCUT2D eigenvalue weighted by atomic mass is 9.92. The summed E-state index contributed by atoms with van der Waals surface area (Å²) in [7, 11) is 0. The number of alkyl halides is 2. The van der Waals surface area contributed by atoms with Crippen LogP contribution < -0.4 is 11.5 Å².